The number of esters is 3. The standard InChI is InChI=1S/C34H40N2O6/c1-32(2,3)41-29(37)25-19-34(31(39)40-7)20-26(30(38)42-33(4,5)6)28(24-16-13-23(21-35)14-17-24)36(34)27(25)18-15-22-11-9-8-10-12-22/h8-18,25-28H,19-20H2,1-7H3/b18-15+/t25-,26-,27-,28-,34-/m1/s1. The van der Waals surface area contributed by atoms with Crippen LogP contribution in [0.25, 0.3) is 6.08 Å². The minimum absolute atomic E-state index is 0.105. The van der Waals surface area contributed by atoms with Gasteiger partial charge in [0.25, 0.3) is 0 Å². The SMILES string of the molecule is COC(=O)[C@]12C[C@@H](C(=O)OC(C)(C)C)[C@@H](/C=C/c3ccccc3)N1[C@H](c1ccc(C#N)cc1)[C@H](C(=O)OC(C)(C)C)C2. The first-order chi connectivity index (χ1) is 19.7. The third kappa shape index (κ3) is 6.42. The molecule has 2 aliphatic rings. The maximum atomic E-state index is 13.8. The first-order valence-corrected chi connectivity index (χ1v) is 14.2. The Balaban J connectivity index is 1.91. The second-order valence-corrected chi connectivity index (χ2v) is 13.1. The van der Waals surface area contributed by atoms with Crippen molar-refractivity contribution in [2.75, 3.05) is 7.11 Å². The van der Waals surface area contributed by atoms with E-state index in [0.717, 1.165) is 11.1 Å². The zero-order valence-electron chi connectivity index (χ0n) is 25.4. The summed E-state index contributed by atoms with van der Waals surface area (Å²) in [5.74, 6) is -2.81. The van der Waals surface area contributed by atoms with Crippen LogP contribution in [0.2, 0.25) is 0 Å². The monoisotopic (exact) mass is 572 g/mol. The van der Waals surface area contributed by atoms with Gasteiger partial charge in [-0.2, -0.15) is 5.26 Å². The van der Waals surface area contributed by atoms with Crippen LogP contribution in [0, 0.1) is 23.2 Å². The maximum absolute atomic E-state index is 13.8. The number of methoxy groups -OCH3 is 1. The number of carbonyl (C=O) groups excluding carboxylic acids is 3. The molecule has 0 bridgehead atoms. The zero-order chi connectivity index (χ0) is 30.9. The third-order valence-corrected chi connectivity index (χ3v) is 7.67. The van der Waals surface area contributed by atoms with Crippen LogP contribution in [-0.4, -0.2) is 52.7 Å². The lowest BCUT2D eigenvalue weighted by molar-refractivity contribution is -0.161. The fraction of sp³-hybridized carbons (Fsp3) is 0.471. The van der Waals surface area contributed by atoms with E-state index in [9.17, 15) is 19.6 Å². The summed E-state index contributed by atoms with van der Waals surface area (Å²) in [4.78, 5) is 43.3. The summed E-state index contributed by atoms with van der Waals surface area (Å²) in [5.41, 5.74) is -0.640. The summed E-state index contributed by atoms with van der Waals surface area (Å²) in [7, 11) is 1.32. The van der Waals surface area contributed by atoms with E-state index in [4.69, 9.17) is 14.2 Å². The molecule has 5 atom stereocenters. The van der Waals surface area contributed by atoms with E-state index in [2.05, 4.69) is 6.07 Å². The Bertz CT molecular complexity index is 1380. The largest absolute Gasteiger partial charge is 0.468 e. The Morgan fingerprint density at radius 2 is 1.43 bits per heavy atom. The van der Waals surface area contributed by atoms with Crippen molar-refractivity contribution in [2.45, 2.75) is 83.2 Å². The number of hydrogen-bond donors (Lipinski definition) is 0. The van der Waals surface area contributed by atoms with Gasteiger partial charge >= 0.3 is 17.9 Å². The summed E-state index contributed by atoms with van der Waals surface area (Å²) < 4.78 is 17.1. The van der Waals surface area contributed by atoms with E-state index in [1.807, 2.05) is 68.2 Å². The predicted molar refractivity (Wildman–Crippen MR) is 158 cm³/mol. The molecule has 0 amide bonds. The fourth-order valence-electron chi connectivity index (χ4n) is 6.18. The van der Waals surface area contributed by atoms with Gasteiger partial charge in [0.2, 0.25) is 0 Å². The molecule has 42 heavy (non-hydrogen) atoms. The number of ether oxygens (including phenoxy) is 3. The minimum atomic E-state index is -1.29. The molecular weight excluding hydrogens is 532 g/mol. The van der Waals surface area contributed by atoms with E-state index >= 15 is 0 Å². The first-order valence-electron chi connectivity index (χ1n) is 14.2. The lowest BCUT2D eigenvalue weighted by Crippen LogP contribution is -2.49. The molecule has 2 fully saturated rings. The van der Waals surface area contributed by atoms with Crippen molar-refractivity contribution in [3.05, 3.63) is 77.4 Å². The smallest absolute Gasteiger partial charge is 0.326 e. The molecule has 0 N–H and O–H groups in total. The average Bonchev–Trinajstić information content (AvgIpc) is 3.43. The molecule has 2 heterocycles. The molecule has 0 aliphatic carbocycles. The highest BCUT2D eigenvalue weighted by Gasteiger charge is 2.68. The Hall–Kier alpha value is -3.96. The van der Waals surface area contributed by atoms with E-state index < -0.39 is 58.6 Å². The van der Waals surface area contributed by atoms with Gasteiger partial charge in [-0.05, 0) is 77.6 Å². The summed E-state index contributed by atoms with van der Waals surface area (Å²) in [6.07, 6.45) is 4.06. The van der Waals surface area contributed by atoms with E-state index in [1.165, 1.54) is 7.11 Å². The quantitative estimate of drug-likeness (QED) is 0.325. The fourth-order valence-corrected chi connectivity index (χ4v) is 6.18. The van der Waals surface area contributed by atoms with Gasteiger partial charge in [-0.1, -0.05) is 54.6 Å². The highest BCUT2D eigenvalue weighted by molar-refractivity contribution is 5.88. The maximum Gasteiger partial charge on any atom is 0.326 e. The number of nitrogens with zero attached hydrogens (tertiary/aromatic N) is 2. The Labute approximate surface area is 248 Å². The van der Waals surface area contributed by atoms with Crippen molar-refractivity contribution >= 4 is 24.0 Å². The number of nitriles is 1. The van der Waals surface area contributed by atoms with Crippen molar-refractivity contribution in [3.8, 4) is 6.07 Å². The molecule has 222 valence electrons. The molecule has 0 radical (unpaired) electrons. The lowest BCUT2D eigenvalue weighted by Gasteiger charge is -2.36. The molecule has 2 aromatic rings. The summed E-state index contributed by atoms with van der Waals surface area (Å²) in [6, 6.07) is 17.5. The van der Waals surface area contributed by atoms with Crippen LogP contribution in [0.3, 0.4) is 0 Å². The number of carbonyl (C=O) groups is 3. The van der Waals surface area contributed by atoms with Crippen molar-refractivity contribution in [1.29, 1.82) is 5.26 Å². The number of benzene rings is 2. The van der Waals surface area contributed by atoms with E-state index in [-0.39, 0.29) is 12.8 Å². The zero-order valence-corrected chi connectivity index (χ0v) is 25.4. The van der Waals surface area contributed by atoms with Crippen molar-refractivity contribution in [1.82, 2.24) is 4.90 Å². The Morgan fingerprint density at radius 3 is 1.95 bits per heavy atom. The minimum Gasteiger partial charge on any atom is -0.468 e. The van der Waals surface area contributed by atoms with E-state index in [1.54, 1.807) is 45.0 Å². The van der Waals surface area contributed by atoms with Gasteiger partial charge in [-0.15, -0.1) is 0 Å². The molecule has 2 saturated heterocycles. The summed E-state index contributed by atoms with van der Waals surface area (Å²) >= 11 is 0. The van der Waals surface area contributed by atoms with E-state index in [0.29, 0.717) is 5.56 Å². The van der Waals surface area contributed by atoms with Crippen molar-refractivity contribution < 1.29 is 28.6 Å². The summed E-state index contributed by atoms with van der Waals surface area (Å²) in [5, 5.41) is 9.41. The molecule has 8 heteroatoms. The number of rotatable bonds is 6. The highest BCUT2D eigenvalue weighted by atomic mass is 16.6. The second kappa shape index (κ2) is 11.7. The second-order valence-electron chi connectivity index (χ2n) is 13.1. The Kier molecular flexibility index (Phi) is 8.65. The van der Waals surface area contributed by atoms with Gasteiger partial charge in [0.05, 0.1) is 30.6 Å². The number of fused-ring (bicyclic) bond motifs is 1. The predicted octanol–water partition coefficient (Wildman–Crippen LogP) is 5.62. The molecular formula is C34H40N2O6. The molecule has 8 nitrogen and oxygen atoms in total. The molecule has 0 saturated carbocycles. The summed E-state index contributed by atoms with van der Waals surface area (Å²) in [6.45, 7) is 10.8. The van der Waals surface area contributed by atoms with Gasteiger partial charge in [0.15, 0.2) is 0 Å². The average molecular weight is 573 g/mol. The third-order valence-electron chi connectivity index (χ3n) is 7.67. The van der Waals surface area contributed by atoms with Crippen LogP contribution in [0.15, 0.2) is 60.7 Å². The molecule has 2 aliphatic heterocycles. The van der Waals surface area contributed by atoms with Gasteiger partial charge < -0.3 is 14.2 Å². The van der Waals surface area contributed by atoms with Gasteiger partial charge in [-0.25, -0.2) is 0 Å². The molecule has 4 rings (SSSR count). The topological polar surface area (TPSA) is 106 Å². The molecule has 0 unspecified atom stereocenters. The molecule has 2 aromatic carbocycles. The highest BCUT2D eigenvalue weighted by Crippen LogP contribution is 2.57. The van der Waals surface area contributed by atoms with Gasteiger partial charge in [0, 0.05) is 12.1 Å². The van der Waals surface area contributed by atoms with Crippen LogP contribution < -0.4 is 0 Å². The van der Waals surface area contributed by atoms with Crippen LogP contribution >= 0.6 is 0 Å². The number of hydrogen-bond acceptors (Lipinski definition) is 8. The molecule has 0 aromatic heterocycles. The molecule has 0 spiro atoms. The lowest BCUT2D eigenvalue weighted by atomic mass is 9.83. The van der Waals surface area contributed by atoms with Crippen LogP contribution in [0.5, 0.6) is 0 Å². The first kappa shape index (κ1) is 31.0. The van der Waals surface area contributed by atoms with Crippen LogP contribution in [0.4, 0.5) is 0 Å². The van der Waals surface area contributed by atoms with Crippen molar-refractivity contribution in [2.24, 2.45) is 11.8 Å². The van der Waals surface area contributed by atoms with Crippen LogP contribution in [-0.2, 0) is 28.6 Å². The van der Waals surface area contributed by atoms with Gasteiger partial charge in [0.1, 0.15) is 16.7 Å². The van der Waals surface area contributed by atoms with Gasteiger partial charge in [-0.3, -0.25) is 19.3 Å². The Morgan fingerprint density at radius 1 is 0.881 bits per heavy atom. The normalized spacial score (nSPS) is 26.0. The van der Waals surface area contributed by atoms with Crippen molar-refractivity contribution in [3.63, 3.8) is 0 Å². The van der Waals surface area contributed by atoms with Crippen LogP contribution in [0.1, 0.15) is 77.1 Å².